The normalized spacial score (nSPS) is 12.3. The molecule has 4 nitrogen and oxygen atoms in total. The number of hydrogen-bond acceptors (Lipinski definition) is 5. The van der Waals surface area contributed by atoms with Crippen molar-refractivity contribution in [2.75, 3.05) is 6.54 Å². The first-order valence-corrected chi connectivity index (χ1v) is 12.1. The summed E-state index contributed by atoms with van der Waals surface area (Å²) in [6, 6.07) is 20.2. The number of hydrogen-bond donors (Lipinski definition) is 1. The maximum atomic E-state index is 12.8. The van der Waals surface area contributed by atoms with Crippen LogP contribution in [0.15, 0.2) is 93.2 Å². The van der Waals surface area contributed by atoms with Gasteiger partial charge in [0.15, 0.2) is 0 Å². The van der Waals surface area contributed by atoms with E-state index in [9.17, 15) is 4.79 Å². The molecule has 5 rings (SSSR count). The highest BCUT2D eigenvalue weighted by molar-refractivity contribution is 7.99. The Morgan fingerprint density at radius 1 is 1.00 bits per heavy atom. The molecule has 0 saturated heterocycles. The minimum Gasteiger partial charge on any atom is -0.352 e. The Morgan fingerprint density at radius 3 is 2.66 bits per heavy atom. The molecule has 1 amide bonds. The first-order chi connectivity index (χ1) is 15.7. The predicted molar refractivity (Wildman–Crippen MR) is 132 cm³/mol. The summed E-state index contributed by atoms with van der Waals surface area (Å²) >= 11 is 3.40. The van der Waals surface area contributed by atoms with Crippen LogP contribution in [0, 0.1) is 6.92 Å². The highest BCUT2D eigenvalue weighted by Gasteiger charge is 2.21. The predicted octanol–water partition coefficient (Wildman–Crippen LogP) is 6.06. The van der Waals surface area contributed by atoms with E-state index >= 15 is 0 Å². The van der Waals surface area contributed by atoms with E-state index in [0.717, 1.165) is 38.7 Å². The average molecular weight is 456 g/mol. The Balaban J connectivity index is 1.45. The van der Waals surface area contributed by atoms with Gasteiger partial charge in [-0.2, -0.15) is 0 Å². The van der Waals surface area contributed by atoms with Gasteiger partial charge in [-0.1, -0.05) is 30.0 Å². The van der Waals surface area contributed by atoms with Crippen molar-refractivity contribution >= 4 is 40.4 Å². The van der Waals surface area contributed by atoms with E-state index < -0.39 is 0 Å². The molecule has 1 N–H and O–H groups in total. The number of carbonyl (C=O) groups excluding carboxylic acids is 1. The van der Waals surface area contributed by atoms with Crippen LogP contribution in [-0.4, -0.2) is 23.1 Å². The fourth-order valence-electron chi connectivity index (χ4n) is 3.64. The second kappa shape index (κ2) is 9.10. The molecule has 1 aliphatic rings. The number of aromatic nitrogens is 1. The molecule has 1 aliphatic heterocycles. The maximum absolute atomic E-state index is 12.8. The summed E-state index contributed by atoms with van der Waals surface area (Å²) in [5.41, 5.74) is 5.91. The SMILES string of the molecule is Cc1ccsc1C1=Nc2cc(C(=O)NCCc3ccncc3)ccc2Sc2ccccc21. The van der Waals surface area contributed by atoms with Gasteiger partial charge in [0.2, 0.25) is 0 Å². The lowest BCUT2D eigenvalue weighted by molar-refractivity contribution is 0.0954. The standard InChI is InChI=1S/C26H21N3OS2/c1-17-11-15-31-25(17)24-20-4-2-3-5-22(20)32-23-7-6-19(16-21(23)29-24)26(30)28-14-10-18-8-12-27-13-9-18/h2-9,11-13,15-16H,10,14H2,1H3,(H,28,30). The number of aryl methyl sites for hydroxylation is 1. The molecule has 0 fully saturated rings. The minimum absolute atomic E-state index is 0.0855. The van der Waals surface area contributed by atoms with E-state index in [2.05, 4.69) is 52.9 Å². The largest absolute Gasteiger partial charge is 0.352 e. The van der Waals surface area contributed by atoms with Crippen molar-refractivity contribution in [2.24, 2.45) is 4.99 Å². The third-order valence-corrected chi connectivity index (χ3v) is 7.51. The molecule has 0 saturated carbocycles. The van der Waals surface area contributed by atoms with Crippen molar-refractivity contribution < 1.29 is 4.79 Å². The quantitative estimate of drug-likeness (QED) is 0.351. The minimum atomic E-state index is -0.0855. The first-order valence-electron chi connectivity index (χ1n) is 10.4. The van der Waals surface area contributed by atoms with Crippen molar-refractivity contribution in [3.05, 3.63) is 106 Å². The molecule has 6 heteroatoms. The van der Waals surface area contributed by atoms with Gasteiger partial charge in [-0.25, -0.2) is 4.99 Å². The monoisotopic (exact) mass is 455 g/mol. The molecule has 3 heterocycles. The van der Waals surface area contributed by atoms with Crippen LogP contribution in [0.3, 0.4) is 0 Å². The molecule has 0 atom stereocenters. The fraction of sp³-hybridized carbons (Fsp3) is 0.115. The van der Waals surface area contributed by atoms with Gasteiger partial charge in [0.05, 0.1) is 16.3 Å². The maximum Gasteiger partial charge on any atom is 0.251 e. The van der Waals surface area contributed by atoms with Crippen LogP contribution in [-0.2, 0) is 6.42 Å². The molecule has 4 aromatic rings. The molecule has 2 aromatic carbocycles. The van der Waals surface area contributed by atoms with Crippen molar-refractivity contribution in [3.63, 3.8) is 0 Å². The Bertz CT molecular complexity index is 1310. The summed E-state index contributed by atoms with van der Waals surface area (Å²) in [5, 5.41) is 5.12. The van der Waals surface area contributed by atoms with E-state index in [1.54, 1.807) is 35.5 Å². The number of aliphatic imine (C=N–C) groups is 1. The molecule has 0 radical (unpaired) electrons. The fourth-order valence-corrected chi connectivity index (χ4v) is 5.58. The summed E-state index contributed by atoms with van der Waals surface area (Å²) in [7, 11) is 0. The number of thiophene rings is 1. The van der Waals surface area contributed by atoms with E-state index in [1.807, 2.05) is 30.3 Å². The van der Waals surface area contributed by atoms with Gasteiger partial charge in [0.1, 0.15) is 0 Å². The molecule has 32 heavy (non-hydrogen) atoms. The number of nitrogens with one attached hydrogen (secondary N) is 1. The zero-order valence-corrected chi connectivity index (χ0v) is 19.2. The van der Waals surface area contributed by atoms with Crippen molar-refractivity contribution in [1.82, 2.24) is 10.3 Å². The summed E-state index contributed by atoms with van der Waals surface area (Å²) in [6.07, 6.45) is 4.30. The molecule has 2 aromatic heterocycles. The van der Waals surface area contributed by atoms with Gasteiger partial charge in [-0.05, 0) is 72.3 Å². The van der Waals surface area contributed by atoms with Crippen molar-refractivity contribution in [1.29, 1.82) is 0 Å². The Hall–Kier alpha value is -3.22. The number of pyridine rings is 1. The lowest BCUT2D eigenvalue weighted by atomic mass is 10.1. The third-order valence-electron chi connectivity index (χ3n) is 5.34. The van der Waals surface area contributed by atoms with Crippen molar-refractivity contribution in [2.45, 2.75) is 23.1 Å². The summed E-state index contributed by atoms with van der Waals surface area (Å²) in [6.45, 7) is 2.69. The summed E-state index contributed by atoms with van der Waals surface area (Å²) < 4.78 is 0. The summed E-state index contributed by atoms with van der Waals surface area (Å²) in [5.74, 6) is -0.0855. The number of carbonyl (C=O) groups is 1. The highest BCUT2D eigenvalue weighted by Crippen LogP contribution is 2.42. The average Bonchev–Trinajstić information content (AvgIpc) is 3.17. The number of benzene rings is 2. The Labute approximate surface area is 195 Å². The molecular formula is C26H21N3OS2. The molecule has 0 spiro atoms. The van der Waals surface area contributed by atoms with E-state index in [-0.39, 0.29) is 5.91 Å². The zero-order chi connectivity index (χ0) is 21.9. The zero-order valence-electron chi connectivity index (χ0n) is 17.5. The number of fused-ring (bicyclic) bond motifs is 2. The van der Waals surface area contributed by atoms with Crippen LogP contribution in [0.25, 0.3) is 0 Å². The van der Waals surface area contributed by atoms with Gasteiger partial charge >= 0.3 is 0 Å². The number of rotatable bonds is 5. The van der Waals surface area contributed by atoms with Crippen LogP contribution in [0.4, 0.5) is 5.69 Å². The van der Waals surface area contributed by atoms with Gasteiger partial charge in [0, 0.05) is 39.9 Å². The molecule has 0 bridgehead atoms. The van der Waals surface area contributed by atoms with Crippen molar-refractivity contribution in [3.8, 4) is 0 Å². The molecule has 0 aliphatic carbocycles. The number of amides is 1. The van der Waals surface area contributed by atoms with Gasteiger partial charge in [-0.3, -0.25) is 9.78 Å². The van der Waals surface area contributed by atoms with Crippen LogP contribution < -0.4 is 5.32 Å². The Morgan fingerprint density at radius 2 is 1.84 bits per heavy atom. The van der Waals surface area contributed by atoms with Gasteiger partial charge in [-0.15, -0.1) is 11.3 Å². The molecule has 0 unspecified atom stereocenters. The van der Waals surface area contributed by atoms with E-state index in [1.165, 1.54) is 10.5 Å². The van der Waals surface area contributed by atoms with Gasteiger partial charge < -0.3 is 5.32 Å². The number of nitrogens with zero attached hydrogens (tertiary/aromatic N) is 2. The van der Waals surface area contributed by atoms with Crippen LogP contribution in [0.5, 0.6) is 0 Å². The second-order valence-electron chi connectivity index (χ2n) is 7.54. The summed E-state index contributed by atoms with van der Waals surface area (Å²) in [4.78, 5) is 25.3. The lowest BCUT2D eigenvalue weighted by Crippen LogP contribution is -2.25. The first kappa shape index (κ1) is 20.7. The smallest absolute Gasteiger partial charge is 0.251 e. The lowest BCUT2D eigenvalue weighted by Gasteiger charge is -2.08. The van der Waals surface area contributed by atoms with Gasteiger partial charge in [0.25, 0.3) is 5.91 Å². The molecular weight excluding hydrogens is 434 g/mol. The third kappa shape index (κ3) is 4.24. The van der Waals surface area contributed by atoms with E-state index in [4.69, 9.17) is 4.99 Å². The van der Waals surface area contributed by atoms with E-state index in [0.29, 0.717) is 12.1 Å². The topological polar surface area (TPSA) is 54.4 Å². The van der Waals surface area contributed by atoms with Crippen LogP contribution >= 0.6 is 23.1 Å². The Kier molecular flexibility index (Phi) is 5.88. The second-order valence-corrected chi connectivity index (χ2v) is 9.54. The molecule has 158 valence electrons. The van der Waals surface area contributed by atoms with Crippen LogP contribution in [0.1, 0.15) is 31.9 Å². The highest BCUT2D eigenvalue weighted by atomic mass is 32.2. The van der Waals surface area contributed by atoms with Crippen LogP contribution in [0.2, 0.25) is 0 Å².